The lowest BCUT2D eigenvalue weighted by Crippen LogP contribution is -2.16. The molecule has 0 bridgehead atoms. The van der Waals surface area contributed by atoms with Crippen molar-refractivity contribution < 1.29 is 4.42 Å². The summed E-state index contributed by atoms with van der Waals surface area (Å²) in [4.78, 5) is 16.9. The second-order valence-electron chi connectivity index (χ2n) is 6.47. The number of aryl methyl sites for hydroxylation is 1. The van der Waals surface area contributed by atoms with Gasteiger partial charge < -0.3 is 4.42 Å². The van der Waals surface area contributed by atoms with Crippen LogP contribution >= 0.6 is 0 Å². The Kier molecular flexibility index (Phi) is 3.77. The fraction of sp³-hybridized carbons (Fsp3) is 0.444. The highest BCUT2D eigenvalue weighted by Gasteiger charge is 2.14. The fourth-order valence-electron chi connectivity index (χ4n) is 3.55. The molecule has 1 aliphatic carbocycles. The van der Waals surface area contributed by atoms with Crippen LogP contribution < -0.4 is 5.56 Å². The molecule has 3 aromatic heterocycles. The van der Waals surface area contributed by atoms with Crippen LogP contribution in [0.15, 0.2) is 39.7 Å². The van der Waals surface area contributed by atoms with Gasteiger partial charge in [-0.3, -0.25) is 9.89 Å². The average molecular weight is 311 g/mol. The predicted molar refractivity (Wildman–Crippen MR) is 88.4 cm³/mol. The van der Waals surface area contributed by atoms with Gasteiger partial charge in [0.25, 0.3) is 5.56 Å². The van der Waals surface area contributed by atoms with Gasteiger partial charge in [-0.05, 0) is 30.9 Å². The second-order valence-corrected chi connectivity index (χ2v) is 6.47. The normalized spacial score (nSPS) is 16.2. The molecule has 1 saturated carbocycles. The van der Waals surface area contributed by atoms with Crippen LogP contribution in [0.25, 0.3) is 17.1 Å². The average Bonchev–Trinajstić information content (AvgIpc) is 3.23. The van der Waals surface area contributed by atoms with Crippen LogP contribution in [0.1, 0.15) is 44.2 Å². The van der Waals surface area contributed by atoms with E-state index in [4.69, 9.17) is 4.42 Å². The molecule has 0 saturated heterocycles. The van der Waals surface area contributed by atoms with E-state index in [0.29, 0.717) is 11.4 Å². The smallest absolute Gasteiger partial charge is 0.272 e. The third-order valence-electron chi connectivity index (χ3n) is 4.82. The molecule has 5 nitrogen and oxygen atoms in total. The summed E-state index contributed by atoms with van der Waals surface area (Å²) in [5, 5.41) is 3.05. The summed E-state index contributed by atoms with van der Waals surface area (Å²) in [6.45, 7) is 0. The van der Waals surface area contributed by atoms with Gasteiger partial charge in [-0.1, -0.05) is 32.1 Å². The first-order chi connectivity index (χ1) is 11.3. The van der Waals surface area contributed by atoms with Crippen molar-refractivity contribution in [1.82, 2.24) is 14.6 Å². The predicted octanol–water partition coefficient (Wildman–Crippen LogP) is 3.80. The van der Waals surface area contributed by atoms with Crippen molar-refractivity contribution in [3.05, 3.63) is 46.6 Å². The number of hydrogen-bond donors (Lipinski definition) is 1. The molecule has 0 atom stereocenters. The molecule has 0 aromatic carbocycles. The minimum Gasteiger partial charge on any atom is -0.463 e. The van der Waals surface area contributed by atoms with Crippen LogP contribution in [0.5, 0.6) is 0 Å². The van der Waals surface area contributed by atoms with Gasteiger partial charge >= 0.3 is 0 Å². The Balaban J connectivity index is 1.57. The number of rotatable bonds is 4. The zero-order valence-electron chi connectivity index (χ0n) is 13.1. The summed E-state index contributed by atoms with van der Waals surface area (Å²) in [5.74, 6) is 1.51. The number of aromatic nitrogens is 3. The van der Waals surface area contributed by atoms with Crippen molar-refractivity contribution in [3.63, 3.8) is 0 Å². The largest absolute Gasteiger partial charge is 0.463 e. The van der Waals surface area contributed by atoms with Crippen LogP contribution in [0.3, 0.4) is 0 Å². The van der Waals surface area contributed by atoms with Gasteiger partial charge in [0.1, 0.15) is 5.69 Å². The third kappa shape index (κ3) is 2.96. The number of furan rings is 1. The van der Waals surface area contributed by atoms with Crippen molar-refractivity contribution in [2.75, 3.05) is 0 Å². The van der Waals surface area contributed by atoms with Crippen LogP contribution in [-0.2, 0) is 6.42 Å². The molecule has 1 aliphatic rings. The number of nitrogens with zero attached hydrogens (tertiary/aromatic N) is 2. The summed E-state index contributed by atoms with van der Waals surface area (Å²) in [5.41, 5.74) is 2.25. The third-order valence-corrected chi connectivity index (χ3v) is 4.82. The van der Waals surface area contributed by atoms with Gasteiger partial charge in [0.15, 0.2) is 11.4 Å². The van der Waals surface area contributed by atoms with Gasteiger partial charge in [-0.15, -0.1) is 0 Å². The summed E-state index contributed by atoms with van der Waals surface area (Å²) in [6.07, 6.45) is 10.4. The molecule has 0 amide bonds. The molecule has 3 heterocycles. The van der Waals surface area contributed by atoms with E-state index in [9.17, 15) is 4.79 Å². The summed E-state index contributed by atoms with van der Waals surface area (Å²) >= 11 is 0. The first kappa shape index (κ1) is 14.3. The highest BCUT2D eigenvalue weighted by atomic mass is 16.3. The standard InChI is InChI=1S/C18H21N3O2/c22-18-11-14(9-8-13-5-2-1-3-6-13)19-17-12-15(20-21(17)18)16-7-4-10-23-16/h4,7,10-13,20H,1-3,5-6,8-9H2. The molecule has 1 N–H and O–H groups in total. The first-order valence-corrected chi connectivity index (χ1v) is 8.45. The topological polar surface area (TPSA) is 63.3 Å². The Morgan fingerprint density at radius 1 is 1.26 bits per heavy atom. The van der Waals surface area contributed by atoms with E-state index in [0.717, 1.165) is 30.1 Å². The van der Waals surface area contributed by atoms with Gasteiger partial charge in [0.05, 0.1) is 6.26 Å². The minimum atomic E-state index is -0.0635. The SMILES string of the molecule is O=c1cc(CCC2CCCCC2)nc2cc(-c3ccco3)[nH]n12. The van der Waals surface area contributed by atoms with E-state index < -0.39 is 0 Å². The van der Waals surface area contributed by atoms with Crippen LogP contribution in [0.4, 0.5) is 0 Å². The number of hydrogen-bond acceptors (Lipinski definition) is 3. The summed E-state index contributed by atoms with van der Waals surface area (Å²) in [7, 11) is 0. The fourth-order valence-corrected chi connectivity index (χ4v) is 3.55. The Bertz CT molecular complexity index is 839. The lowest BCUT2D eigenvalue weighted by atomic mass is 9.86. The maximum atomic E-state index is 12.3. The molecule has 120 valence electrons. The molecule has 0 radical (unpaired) electrons. The Labute approximate surface area is 134 Å². The molecule has 1 fully saturated rings. The molecule has 0 unspecified atom stereocenters. The molecule has 3 aromatic rings. The maximum absolute atomic E-state index is 12.3. The first-order valence-electron chi connectivity index (χ1n) is 8.45. The molecule has 5 heteroatoms. The van der Waals surface area contributed by atoms with E-state index in [2.05, 4.69) is 10.1 Å². The lowest BCUT2D eigenvalue weighted by Gasteiger charge is -2.20. The van der Waals surface area contributed by atoms with Crippen LogP contribution in [0.2, 0.25) is 0 Å². The molecule has 0 aliphatic heterocycles. The van der Waals surface area contributed by atoms with Gasteiger partial charge in [-0.2, -0.15) is 0 Å². The van der Waals surface area contributed by atoms with E-state index >= 15 is 0 Å². The van der Waals surface area contributed by atoms with Crippen molar-refractivity contribution in [2.45, 2.75) is 44.9 Å². The number of H-pyrrole nitrogens is 1. The van der Waals surface area contributed by atoms with Crippen LogP contribution in [0, 0.1) is 5.92 Å². The van der Waals surface area contributed by atoms with E-state index in [-0.39, 0.29) is 5.56 Å². The minimum absolute atomic E-state index is 0.0635. The molecule has 4 rings (SSSR count). The zero-order valence-corrected chi connectivity index (χ0v) is 13.1. The van der Waals surface area contributed by atoms with E-state index in [1.54, 1.807) is 12.3 Å². The Morgan fingerprint density at radius 2 is 2.13 bits per heavy atom. The van der Waals surface area contributed by atoms with Gasteiger partial charge in [0.2, 0.25) is 0 Å². The molecular formula is C18H21N3O2. The number of nitrogens with one attached hydrogen (secondary N) is 1. The highest BCUT2D eigenvalue weighted by Crippen LogP contribution is 2.27. The van der Waals surface area contributed by atoms with E-state index in [1.165, 1.54) is 36.6 Å². The molecular weight excluding hydrogens is 290 g/mol. The number of aromatic amines is 1. The highest BCUT2D eigenvalue weighted by molar-refractivity contribution is 5.58. The quantitative estimate of drug-likeness (QED) is 0.797. The van der Waals surface area contributed by atoms with Gasteiger partial charge in [-0.25, -0.2) is 9.50 Å². The van der Waals surface area contributed by atoms with Crippen LogP contribution in [-0.4, -0.2) is 14.6 Å². The lowest BCUT2D eigenvalue weighted by molar-refractivity contribution is 0.338. The van der Waals surface area contributed by atoms with Gasteiger partial charge in [0, 0.05) is 17.8 Å². The van der Waals surface area contributed by atoms with Crippen molar-refractivity contribution in [1.29, 1.82) is 0 Å². The van der Waals surface area contributed by atoms with Crippen molar-refractivity contribution >= 4 is 5.65 Å². The monoisotopic (exact) mass is 311 g/mol. The molecule has 23 heavy (non-hydrogen) atoms. The Morgan fingerprint density at radius 3 is 2.91 bits per heavy atom. The second kappa shape index (κ2) is 6.07. The number of fused-ring (bicyclic) bond motifs is 1. The van der Waals surface area contributed by atoms with Crippen molar-refractivity contribution in [3.8, 4) is 11.5 Å². The van der Waals surface area contributed by atoms with Crippen molar-refractivity contribution in [2.24, 2.45) is 5.92 Å². The maximum Gasteiger partial charge on any atom is 0.272 e. The summed E-state index contributed by atoms with van der Waals surface area (Å²) < 4.78 is 6.85. The zero-order chi connectivity index (χ0) is 15.6. The molecule has 0 spiro atoms. The Hall–Kier alpha value is -2.30. The van der Waals surface area contributed by atoms with E-state index in [1.807, 2.05) is 18.2 Å². The summed E-state index contributed by atoms with van der Waals surface area (Å²) in [6, 6.07) is 7.20.